The van der Waals surface area contributed by atoms with Crippen molar-refractivity contribution in [2.75, 3.05) is 0 Å². The molecule has 56 valence electrons. The van der Waals surface area contributed by atoms with Crippen molar-refractivity contribution in [1.82, 2.24) is 0 Å². The Labute approximate surface area is 62.4 Å². The molecule has 10 heavy (non-hydrogen) atoms. The van der Waals surface area contributed by atoms with Gasteiger partial charge in [0, 0.05) is 0 Å². The molecule has 0 bridgehead atoms. The zero-order valence-electron chi connectivity index (χ0n) is 7.06. The van der Waals surface area contributed by atoms with E-state index in [9.17, 15) is 4.79 Å². The Balaban J connectivity index is 4.31. The minimum atomic E-state index is 0.140. The lowest BCUT2D eigenvalue weighted by Gasteiger charge is -1.93. The van der Waals surface area contributed by atoms with Gasteiger partial charge in [-0.2, -0.15) is 0 Å². The normalized spacial score (nSPS) is 13.6. The maximum absolute atomic E-state index is 10.7. The minimum Gasteiger partial charge on any atom is -0.295 e. The molecule has 0 fully saturated rings. The van der Waals surface area contributed by atoms with Gasteiger partial charge in [0.1, 0.15) is 0 Å². The maximum atomic E-state index is 10.7. The smallest absolute Gasteiger partial charge is 0.155 e. The van der Waals surface area contributed by atoms with Gasteiger partial charge in [-0.1, -0.05) is 17.7 Å². The lowest BCUT2D eigenvalue weighted by Crippen LogP contribution is -1.90. The second-order valence-electron chi connectivity index (χ2n) is 2.42. The number of rotatable bonds is 2. The van der Waals surface area contributed by atoms with E-state index in [0.717, 1.165) is 11.1 Å². The third kappa shape index (κ3) is 3.23. The van der Waals surface area contributed by atoms with Gasteiger partial charge in [0.15, 0.2) is 5.78 Å². The van der Waals surface area contributed by atoms with Crippen molar-refractivity contribution in [3.63, 3.8) is 0 Å². The third-order valence-electron chi connectivity index (χ3n) is 1.45. The first-order valence-corrected chi connectivity index (χ1v) is 3.40. The largest absolute Gasteiger partial charge is 0.295 e. The Morgan fingerprint density at radius 2 is 1.70 bits per heavy atom. The third-order valence-corrected chi connectivity index (χ3v) is 1.45. The van der Waals surface area contributed by atoms with Gasteiger partial charge < -0.3 is 0 Å². The summed E-state index contributed by atoms with van der Waals surface area (Å²) in [5.74, 6) is 0.140. The molecule has 0 saturated heterocycles. The molecular formula is C9H14O. The van der Waals surface area contributed by atoms with Crippen molar-refractivity contribution >= 4 is 5.78 Å². The SMILES string of the molecule is CC=C(C)C=C(C)C(C)=O. The minimum absolute atomic E-state index is 0.140. The van der Waals surface area contributed by atoms with E-state index in [4.69, 9.17) is 0 Å². The molecule has 0 heterocycles. The summed E-state index contributed by atoms with van der Waals surface area (Å²) < 4.78 is 0. The fraction of sp³-hybridized carbons (Fsp3) is 0.444. The molecule has 0 aliphatic rings. The van der Waals surface area contributed by atoms with Gasteiger partial charge in [-0.3, -0.25) is 4.79 Å². The van der Waals surface area contributed by atoms with E-state index < -0.39 is 0 Å². The van der Waals surface area contributed by atoms with Crippen molar-refractivity contribution in [3.05, 3.63) is 23.3 Å². The Bertz CT molecular complexity index is 185. The topological polar surface area (TPSA) is 17.1 Å². The molecule has 0 spiro atoms. The van der Waals surface area contributed by atoms with E-state index in [1.807, 2.05) is 32.9 Å². The van der Waals surface area contributed by atoms with E-state index in [1.54, 1.807) is 6.92 Å². The molecule has 0 saturated carbocycles. The standard InChI is InChI=1S/C9H14O/c1-5-7(2)6-8(3)9(4)10/h5-6H,1-4H3. The molecule has 0 unspecified atom stereocenters. The van der Waals surface area contributed by atoms with Crippen LogP contribution in [0, 0.1) is 0 Å². The number of carbonyl (C=O) groups is 1. The highest BCUT2D eigenvalue weighted by molar-refractivity contribution is 5.93. The second-order valence-corrected chi connectivity index (χ2v) is 2.42. The first-order chi connectivity index (χ1) is 4.57. The highest BCUT2D eigenvalue weighted by Gasteiger charge is 1.93. The number of hydrogen-bond acceptors (Lipinski definition) is 1. The van der Waals surface area contributed by atoms with Gasteiger partial charge in [-0.15, -0.1) is 0 Å². The van der Waals surface area contributed by atoms with E-state index in [2.05, 4.69) is 0 Å². The quantitative estimate of drug-likeness (QED) is 0.423. The molecule has 1 heteroatoms. The van der Waals surface area contributed by atoms with Crippen LogP contribution < -0.4 is 0 Å². The van der Waals surface area contributed by atoms with Gasteiger partial charge in [0.25, 0.3) is 0 Å². The van der Waals surface area contributed by atoms with Crippen LogP contribution in [0.1, 0.15) is 27.7 Å². The van der Waals surface area contributed by atoms with E-state index >= 15 is 0 Å². The number of Topliss-reactive ketones (excluding diaryl/α,β-unsaturated/α-hetero) is 1. The van der Waals surface area contributed by atoms with Gasteiger partial charge in [-0.25, -0.2) is 0 Å². The molecule has 0 aromatic rings. The summed E-state index contributed by atoms with van der Waals surface area (Å²) in [6, 6.07) is 0. The lowest BCUT2D eigenvalue weighted by molar-refractivity contribution is -0.113. The van der Waals surface area contributed by atoms with Crippen molar-refractivity contribution in [2.24, 2.45) is 0 Å². The van der Waals surface area contributed by atoms with E-state index in [0.29, 0.717) is 0 Å². The van der Waals surface area contributed by atoms with Crippen LogP contribution in [0.2, 0.25) is 0 Å². The second kappa shape index (κ2) is 4.04. The van der Waals surface area contributed by atoms with Crippen LogP contribution in [0.15, 0.2) is 23.3 Å². The Morgan fingerprint density at radius 3 is 2.00 bits per heavy atom. The Kier molecular flexibility index (Phi) is 3.70. The zero-order chi connectivity index (χ0) is 8.15. The summed E-state index contributed by atoms with van der Waals surface area (Å²) in [4.78, 5) is 10.7. The van der Waals surface area contributed by atoms with Gasteiger partial charge in [0.2, 0.25) is 0 Å². The van der Waals surface area contributed by atoms with Crippen LogP contribution in [-0.4, -0.2) is 5.78 Å². The molecule has 0 aliphatic heterocycles. The predicted molar refractivity (Wildman–Crippen MR) is 43.9 cm³/mol. The van der Waals surface area contributed by atoms with E-state index in [-0.39, 0.29) is 5.78 Å². The molecule has 0 aromatic heterocycles. The summed E-state index contributed by atoms with van der Waals surface area (Å²) >= 11 is 0. The summed E-state index contributed by atoms with van der Waals surface area (Å²) in [7, 11) is 0. The molecular weight excluding hydrogens is 124 g/mol. The highest BCUT2D eigenvalue weighted by atomic mass is 16.1. The van der Waals surface area contributed by atoms with Crippen LogP contribution in [0.25, 0.3) is 0 Å². The van der Waals surface area contributed by atoms with Crippen molar-refractivity contribution in [3.8, 4) is 0 Å². The number of allylic oxidation sites excluding steroid dienone is 4. The average Bonchev–Trinajstić information content (AvgIpc) is 1.87. The van der Waals surface area contributed by atoms with Crippen LogP contribution in [0.5, 0.6) is 0 Å². The van der Waals surface area contributed by atoms with Crippen molar-refractivity contribution in [2.45, 2.75) is 27.7 Å². The van der Waals surface area contributed by atoms with Gasteiger partial charge >= 0.3 is 0 Å². The van der Waals surface area contributed by atoms with Gasteiger partial charge in [0.05, 0.1) is 0 Å². The number of ketones is 1. The molecule has 0 aliphatic carbocycles. The van der Waals surface area contributed by atoms with Crippen molar-refractivity contribution < 1.29 is 4.79 Å². The number of hydrogen-bond donors (Lipinski definition) is 0. The number of carbonyl (C=O) groups excluding carboxylic acids is 1. The molecule has 0 atom stereocenters. The predicted octanol–water partition coefficient (Wildman–Crippen LogP) is 2.49. The molecule has 1 nitrogen and oxygen atoms in total. The fourth-order valence-electron chi connectivity index (χ4n) is 0.526. The maximum Gasteiger partial charge on any atom is 0.155 e. The Morgan fingerprint density at radius 1 is 1.20 bits per heavy atom. The van der Waals surface area contributed by atoms with Crippen LogP contribution in [0.3, 0.4) is 0 Å². The van der Waals surface area contributed by atoms with E-state index in [1.165, 1.54) is 0 Å². The lowest BCUT2D eigenvalue weighted by atomic mass is 10.1. The highest BCUT2D eigenvalue weighted by Crippen LogP contribution is 2.01. The zero-order valence-corrected chi connectivity index (χ0v) is 7.06. The summed E-state index contributed by atoms with van der Waals surface area (Å²) in [6.07, 6.45) is 3.87. The van der Waals surface area contributed by atoms with Crippen LogP contribution >= 0.6 is 0 Å². The monoisotopic (exact) mass is 138 g/mol. The first-order valence-electron chi connectivity index (χ1n) is 3.40. The first kappa shape index (κ1) is 9.15. The fourth-order valence-corrected chi connectivity index (χ4v) is 0.526. The summed E-state index contributed by atoms with van der Waals surface area (Å²) in [5.41, 5.74) is 1.95. The van der Waals surface area contributed by atoms with Gasteiger partial charge in [-0.05, 0) is 33.3 Å². The van der Waals surface area contributed by atoms with Crippen molar-refractivity contribution in [1.29, 1.82) is 0 Å². The molecule has 0 amide bonds. The molecule has 0 radical (unpaired) electrons. The molecule has 0 aromatic carbocycles. The molecule has 0 N–H and O–H groups in total. The molecule has 0 rings (SSSR count). The summed E-state index contributed by atoms with van der Waals surface area (Å²) in [5, 5.41) is 0. The Hall–Kier alpha value is -0.850. The van der Waals surface area contributed by atoms with Crippen LogP contribution in [0.4, 0.5) is 0 Å². The average molecular weight is 138 g/mol. The van der Waals surface area contributed by atoms with Crippen LogP contribution in [-0.2, 0) is 4.79 Å². The summed E-state index contributed by atoms with van der Waals surface area (Å²) in [6.45, 7) is 7.34.